The Bertz CT molecular complexity index is 348. The van der Waals surface area contributed by atoms with E-state index in [1.165, 1.54) is 0 Å². The highest BCUT2D eigenvalue weighted by Gasteiger charge is 2.34. The maximum absolute atomic E-state index is 12.7. The predicted molar refractivity (Wildman–Crippen MR) is 84.0 cm³/mol. The fourth-order valence-corrected chi connectivity index (χ4v) is 3.45. The van der Waals surface area contributed by atoms with Crippen LogP contribution >= 0.6 is 0 Å². The van der Waals surface area contributed by atoms with Crippen LogP contribution in [0.15, 0.2) is 0 Å². The van der Waals surface area contributed by atoms with Gasteiger partial charge in [0.2, 0.25) is 5.91 Å². The van der Waals surface area contributed by atoms with Crippen LogP contribution in [-0.2, 0) is 9.53 Å². The summed E-state index contributed by atoms with van der Waals surface area (Å²) in [5.74, 6) is 0.219. The van der Waals surface area contributed by atoms with Crippen molar-refractivity contribution >= 4 is 5.91 Å². The fourth-order valence-electron chi connectivity index (χ4n) is 3.45. The molecule has 2 rings (SSSR count). The first-order valence-electron chi connectivity index (χ1n) is 8.21. The molecule has 5 nitrogen and oxygen atoms in total. The summed E-state index contributed by atoms with van der Waals surface area (Å²) >= 11 is 0. The van der Waals surface area contributed by atoms with Crippen molar-refractivity contribution in [1.29, 1.82) is 0 Å². The lowest BCUT2D eigenvalue weighted by molar-refractivity contribution is -0.135. The minimum absolute atomic E-state index is 0.0339. The van der Waals surface area contributed by atoms with Gasteiger partial charge in [0, 0.05) is 38.8 Å². The van der Waals surface area contributed by atoms with Gasteiger partial charge in [0.15, 0.2) is 0 Å². The summed E-state index contributed by atoms with van der Waals surface area (Å²) in [6.45, 7) is 12.3. The quantitative estimate of drug-likeness (QED) is 0.839. The van der Waals surface area contributed by atoms with E-state index in [9.17, 15) is 4.79 Å². The molecule has 2 atom stereocenters. The zero-order valence-electron chi connectivity index (χ0n) is 13.8. The molecule has 0 spiro atoms. The Morgan fingerprint density at radius 2 is 1.95 bits per heavy atom. The van der Waals surface area contributed by atoms with Crippen LogP contribution in [0.3, 0.4) is 0 Å². The van der Waals surface area contributed by atoms with E-state index >= 15 is 0 Å². The largest absolute Gasteiger partial charge is 0.379 e. The Hall–Kier alpha value is -0.650. The molecule has 2 N–H and O–H groups in total. The number of hydrogen-bond acceptors (Lipinski definition) is 4. The maximum atomic E-state index is 12.7. The minimum atomic E-state index is -0.0339. The molecule has 0 saturated carbocycles. The van der Waals surface area contributed by atoms with Crippen molar-refractivity contribution in [3.8, 4) is 0 Å². The van der Waals surface area contributed by atoms with Gasteiger partial charge in [-0.05, 0) is 18.3 Å². The monoisotopic (exact) mass is 297 g/mol. The van der Waals surface area contributed by atoms with Crippen LogP contribution in [0.1, 0.15) is 33.6 Å². The summed E-state index contributed by atoms with van der Waals surface area (Å²) in [6.07, 6.45) is 1.94. The molecule has 0 aromatic heterocycles. The van der Waals surface area contributed by atoms with Gasteiger partial charge in [-0.25, -0.2) is 0 Å². The second-order valence-electron chi connectivity index (χ2n) is 7.57. The molecule has 2 aliphatic rings. The average Bonchev–Trinajstić information content (AvgIpc) is 2.94. The first kappa shape index (κ1) is 16.7. The van der Waals surface area contributed by atoms with E-state index in [1.54, 1.807) is 0 Å². The minimum Gasteiger partial charge on any atom is -0.379 e. The molecule has 0 aromatic carbocycles. The number of carbonyl (C=O) groups is 1. The predicted octanol–water partition coefficient (Wildman–Crippen LogP) is 0.931. The molecule has 122 valence electrons. The molecule has 0 aromatic rings. The zero-order chi connectivity index (χ0) is 15.5. The van der Waals surface area contributed by atoms with Crippen LogP contribution in [0.5, 0.6) is 0 Å². The van der Waals surface area contributed by atoms with E-state index < -0.39 is 0 Å². The van der Waals surface area contributed by atoms with Crippen LogP contribution in [0.25, 0.3) is 0 Å². The summed E-state index contributed by atoms with van der Waals surface area (Å²) in [6, 6.07) is 0.505. The molecule has 5 heteroatoms. The van der Waals surface area contributed by atoms with Crippen molar-refractivity contribution in [1.82, 2.24) is 9.80 Å². The van der Waals surface area contributed by atoms with Crippen molar-refractivity contribution in [2.45, 2.75) is 39.7 Å². The van der Waals surface area contributed by atoms with Crippen LogP contribution in [0.4, 0.5) is 0 Å². The number of hydrogen-bond donors (Lipinski definition) is 1. The van der Waals surface area contributed by atoms with Gasteiger partial charge < -0.3 is 15.4 Å². The van der Waals surface area contributed by atoms with Crippen LogP contribution in [-0.4, -0.2) is 67.7 Å². The molecule has 2 unspecified atom stereocenters. The number of amides is 1. The van der Waals surface area contributed by atoms with Crippen molar-refractivity contribution in [2.24, 2.45) is 17.1 Å². The van der Waals surface area contributed by atoms with Crippen molar-refractivity contribution < 1.29 is 9.53 Å². The Labute approximate surface area is 128 Å². The summed E-state index contributed by atoms with van der Waals surface area (Å²) in [4.78, 5) is 17.2. The molecule has 2 saturated heterocycles. The highest BCUT2D eigenvalue weighted by Crippen LogP contribution is 2.27. The lowest BCUT2D eigenvalue weighted by Gasteiger charge is -2.32. The molecule has 1 amide bonds. The maximum Gasteiger partial charge on any atom is 0.227 e. The van der Waals surface area contributed by atoms with Gasteiger partial charge in [0.05, 0.1) is 19.1 Å². The van der Waals surface area contributed by atoms with E-state index in [-0.39, 0.29) is 17.2 Å². The van der Waals surface area contributed by atoms with Gasteiger partial charge in [-0.15, -0.1) is 0 Å². The van der Waals surface area contributed by atoms with Gasteiger partial charge in [-0.1, -0.05) is 20.8 Å². The smallest absolute Gasteiger partial charge is 0.227 e. The van der Waals surface area contributed by atoms with Gasteiger partial charge in [0.1, 0.15) is 0 Å². The fraction of sp³-hybridized carbons (Fsp3) is 0.938. The highest BCUT2D eigenvalue weighted by molar-refractivity contribution is 5.79. The number of ether oxygens (including phenoxy) is 1. The number of nitrogens with zero attached hydrogens (tertiary/aromatic N) is 2. The zero-order valence-corrected chi connectivity index (χ0v) is 13.8. The summed E-state index contributed by atoms with van der Waals surface area (Å²) in [7, 11) is 0. The molecule has 0 aliphatic carbocycles. The molecule has 2 heterocycles. The third-order valence-electron chi connectivity index (χ3n) is 4.53. The van der Waals surface area contributed by atoms with Gasteiger partial charge in [-0.2, -0.15) is 0 Å². The third kappa shape index (κ3) is 4.66. The van der Waals surface area contributed by atoms with E-state index in [0.29, 0.717) is 12.6 Å². The first-order valence-corrected chi connectivity index (χ1v) is 8.21. The van der Waals surface area contributed by atoms with E-state index in [1.807, 2.05) is 4.90 Å². The Balaban J connectivity index is 1.88. The molecule has 2 aliphatic heterocycles. The second kappa shape index (κ2) is 7.07. The molecular weight excluding hydrogens is 266 g/mol. The Morgan fingerprint density at radius 1 is 1.29 bits per heavy atom. The van der Waals surface area contributed by atoms with Crippen molar-refractivity contribution in [3.63, 3.8) is 0 Å². The van der Waals surface area contributed by atoms with Gasteiger partial charge in [0.25, 0.3) is 0 Å². The third-order valence-corrected chi connectivity index (χ3v) is 4.53. The SMILES string of the molecule is CC(C)(C)CC(CN)C(=O)N1CCC(N2CCOCC2)C1. The average molecular weight is 297 g/mol. The number of morpholine rings is 1. The van der Waals surface area contributed by atoms with Crippen LogP contribution in [0.2, 0.25) is 0 Å². The van der Waals surface area contributed by atoms with Crippen LogP contribution in [0, 0.1) is 11.3 Å². The van der Waals surface area contributed by atoms with Crippen molar-refractivity contribution in [2.75, 3.05) is 45.9 Å². The molecule has 21 heavy (non-hydrogen) atoms. The number of carbonyl (C=O) groups excluding carboxylic acids is 1. The van der Waals surface area contributed by atoms with Gasteiger partial charge >= 0.3 is 0 Å². The lowest BCUT2D eigenvalue weighted by Crippen LogP contribution is -2.46. The van der Waals surface area contributed by atoms with Crippen molar-refractivity contribution in [3.05, 3.63) is 0 Å². The summed E-state index contributed by atoms with van der Waals surface area (Å²) < 4.78 is 5.41. The molecular formula is C16H31N3O2. The van der Waals surface area contributed by atoms with Gasteiger partial charge in [-0.3, -0.25) is 9.69 Å². The second-order valence-corrected chi connectivity index (χ2v) is 7.57. The van der Waals surface area contributed by atoms with E-state index in [0.717, 1.165) is 52.2 Å². The number of likely N-dealkylation sites (tertiary alicyclic amines) is 1. The van der Waals surface area contributed by atoms with E-state index in [2.05, 4.69) is 25.7 Å². The first-order chi connectivity index (χ1) is 9.90. The summed E-state index contributed by atoms with van der Waals surface area (Å²) in [5.41, 5.74) is 5.99. The van der Waals surface area contributed by atoms with Crippen LogP contribution < -0.4 is 5.73 Å². The highest BCUT2D eigenvalue weighted by atomic mass is 16.5. The summed E-state index contributed by atoms with van der Waals surface area (Å²) in [5, 5.41) is 0. The Morgan fingerprint density at radius 3 is 2.52 bits per heavy atom. The normalized spacial score (nSPS) is 26.1. The van der Waals surface area contributed by atoms with E-state index in [4.69, 9.17) is 10.5 Å². The molecule has 0 bridgehead atoms. The lowest BCUT2D eigenvalue weighted by atomic mass is 9.84. The number of rotatable bonds is 4. The number of nitrogens with two attached hydrogens (primary N) is 1. The topological polar surface area (TPSA) is 58.8 Å². The molecule has 2 fully saturated rings. The standard InChI is InChI=1S/C16H31N3O2/c1-16(2,3)10-13(11-17)15(20)19-5-4-14(12-19)18-6-8-21-9-7-18/h13-14H,4-12,17H2,1-3H3. The molecule has 0 radical (unpaired) electrons. The Kier molecular flexibility index (Phi) is 5.63.